The van der Waals surface area contributed by atoms with Gasteiger partial charge in [0.15, 0.2) is 0 Å². The Morgan fingerprint density at radius 1 is 1.55 bits per heavy atom. The monoisotopic (exact) mass is 285 g/mol. The maximum Gasteiger partial charge on any atom is 0.306 e. The van der Waals surface area contributed by atoms with Crippen LogP contribution in [0.2, 0.25) is 0 Å². The molecule has 114 valence electrons. The second kappa shape index (κ2) is 8.62. The molecule has 0 aromatic carbocycles. The Labute approximate surface area is 118 Å². The van der Waals surface area contributed by atoms with Gasteiger partial charge >= 0.3 is 5.69 Å². The molecule has 0 aliphatic rings. The third-order valence-electron chi connectivity index (χ3n) is 3.11. The third kappa shape index (κ3) is 5.64. The van der Waals surface area contributed by atoms with Crippen LogP contribution in [-0.2, 0) is 6.54 Å². The zero-order valence-electron chi connectivity index (χ0n) is 12.0. The van der Waals surface area contributed by atoms with Crippen molar-refractivity contribution in [3.05, 3.63) is 22.5 Å². The summed E-state index contributed by atoms with van der Waals surface area (Å²) in [5, 5.41) is 27.3. The number of aliphatic hydroxyl groups excluding tert-OH is 1. The Kier molecular flexibility index (Phi) is 7.13. The summed E-state index contributed by atoms with van der Waals surface area (Å²) in [7, 11) is 0. The second-order valence-corrected chi connectivity index (χ2v) is 4.56. The van der Waals surface area contributed by atoms with Gasteiger partial charge in [-0.1, -0.05) is 13.8 Å². The number of hydrogen-bond acceptors (Lipinski definition) is 6. The molecule has 1 aromatic rings. The highest BCUT2D eigenvalue weighted by Gasteiger charge is 2.11. The lowest BCUT2D eigenvalue weighted by Gasteiger charge is -2.19. The van der Waals surface area contributed by atoms with E-state index in [2.05, 4.69) is 29.2 Å². The molecule has 0 saturated carbocycles. The molecule has 1 unspecified atom stereocenters. The first kappa shape index (κ1) is 16.5. The van der Waals surface area contributed by atoms with Crippen LogP contribution in [0.15, 0.2) is 12.4 Å². The van der Waals surface area contributed by atoms with Gasteiger partial charge in [-0.15, -0.1) is 0 Å². The summed E-state index contributed by atoms with van der Waals surface area (Å²) >= 11 is 0. The van der Waals surface area contributed by atoms with Crippen LogP contribution in [0.4, 0.5) is 5.69 Å². The molecule has 8 heteroatoms. The number of nitrogens with one attached hydrogen (secondary N) is 1. The van der Waals surface area contributed by atoms with Gasteiger partial charge in [-0.05, 0) is 13.1 Å². The van der Waals surface area contributed by atoms with E-state index in [1.807, 2.05) is 0 Å². The van der Waals surface area contributed by atoms with E-state index >= 15 is 0 Å². The summed E-state index contributed by atoms with van der Waals surface area (Å²) in [6.45, 7) is 8.67. The van der Waals surface area contributed by atoms with Crippen LogP contribution in [-0.4, -0.2) is 63.5 Å². The molecule has 0 radical (unpaired) electrons. The van der Waals surface area contributed by atoms with E-state index < -0.39 is 11.0 Å². The summed E-state index contributed by atoms with van der Waals surface area (Å²) in [5.41, 5.74) is -0.0632. The van der Waals surface area contributed by atoms with E-state index in [1.54, 1.807) is 0 Å². The normalized spacial score (nSPS) is 12.8. The van der Waals surface area contributed by atoms with Crippen molar-refractivity contribution >= 4 is 5.69 Å². The summed E-state index contributed by atoms with van der Waals surface area (Å²) in [4.78, 5) is 12.3. The first-order valence-electron chi connectivity index (χ1n) is 6.84. The molecule has 0 aliphatic heterocycles. The first-order valence-corrected chi connectivity index (χ1v) is 6.84. The number of hydrogen-bond donors (Lipinski definition) is 2. The van der Waals surface area contributed by atoms with Gasteiger partial charge in [0.25, 0.3) is 0 Å². The van der Waals surface area contributed by atoms with Crippen LogP contribution in [0.25, 0.3) is 0 Å². The highest BCUT2D eigenvalue weighted by Crippen LogP contribution is 2.07. The zero-order chi connectivity index (χ0) is 15.0. The average molecular weight is 285 g/mol. The Morgan fingerprint density at radius 2 is 2.25 bits per heavy atom. The highest BCUT2D eigenvalue weighted by atomic mass is 16.6. The van der Waals surface area contributed by atoms with Crippen molar-refractivity contribution < 1.29 is 10.0 Å². The highest BCUT2D eigenvalue weighted by molar-refractivity contribution is 5.20. The predicted molar refractivity (Wildman–Crippen MR) is 75.5 cm³/mol. The van der Waals surface area contributed by atoms with Crippen LogP contribution in [0.3, 0.4) is 0 Å². The van der Waals surface area contributed by atoms with E-state index in [1.165, 1.54) is 17.1 Å². The number of nitrogens with zero attached hydrogens (tertiary/aromatic N) is 4. The molecule has 1 atom stereocenters. The van der Waals surface area contributed by atoms with E-state index in [0.717, 1.165) is 26.2 Å². The Hall–Kier alpha value is -1.51. The van der Waals surface area contributed by atoms with E-state index in [4.69, 9.17) is 0 Å². The lowest BCUT2D eigenvalue weighted by Crippen LogP contribution is -2.36. The van der Waals surface area contributed by atoms with Gasteiger partial charge in [0.1, 0.15) is 12.4 Å². The molecule has 1 aromatic heterocycles. The number of rotatable bonds is 10. The fourth-order valence-electron chi connectivity index (χ4n) is 1.87. The van der Waals surface area contributed by atoms with Gasteiger partial charge in [-0.2, -0.15) is 5.10 Å². The van der Waals surface area contributed by atoms with Crippen LogP contribution in [0.5, 0.6) is 0 Å². The van der Waals surface area contributed by atoms with Crippen molar-refractivity contribution in [2.75, 3.05) is 32.7 Å². The maximum absolute atomic E-state index is 10.5. The van der Waals surface area contributed by atoms with E-state index in [-0.39, 0.29) is 12.2 Å². The Morgan fingerprint density at radius 3 is 2.80 bits per heavy atom. The number of nitro groups is 1. The minimum absolute atomic E-state index is 0.0632. The molecular weight excluding hydrogens is 262 g/mol. The molecule has 1 heterocycles. The number of likely N-dealkylation sites (N-methyl/N-ethyl adjacent to an activating group) is 1. The average Bonchev–Trinajstić information content (AvgIpc) is 2.87. The molecule has 0 aliphatic carbocycles. The van der Waals surface area contributed by atoms with Crippen molar-refractivity contribution in [2.45, 2.75) is 26.5 Å². The number of aliphatic hydroxyl groups is 1. The van der Waals surface area contributed by atoms with Gasteiger partial charge in [0.2, 0.25) is 0 Å². The van der Waals surface area contributed by atoms with Crippen LogP contribution in [0.1, 0.15) is 13.8 Å². The second-order valence-electron chi connectivity index (χ2n) is 4.56. The smallest absolute Gasteiger partial charge is 0.306 e. The fraction of sp³-hybridized carbons (Fsp3) is 0.750. The lowest BCUT2D eigenvalue weighted by atomic mass is 10.3. The zero-order valence-corrected chi connectivity index (χ0v) is 12.0. The fourth-order valence-corrected chi connectivity index (χ4v) is 1.87. The maximum atomic E-state index is 10.5. The van der Waals surface area contributed by atoms with Crippen LogP contribution < -0.4 is 5.32 Å². The quantitative estimate of drug-likeness (QED) is 0.359. The number of aromatic nitrogens is 2. The molecule has 0 saturated heterocycles. The van der Waals surface area contributed by atoms with Gasteiger partial charge in [0, 0.05) is 19.6 Å². The van der Waals surface area contributed by atoms with E-state index in [9.17, 15) is 15.2 Å². The molecule has 0 fully saturated rings. The van der Waals surface area contributed by atoms with Gasteiger partial charge in [-0.25, -0.2) is 0 Å². The summed E-state index contributed by atoms with van der Waals surface area (Å²) in [5.74, 6) is 0. The third-order valence-corrected chi connectivity index (χ3v) is 3.11. The summed E-state index contributed by atoms with van der Waals surface area (Å²) < 4.78 is 1.38. The minimum Gasteiger partial charge on any atom is -0.390 e. The molecule has 1 rings (SSSR count). The largest absolute Gasteiger partial charge is 0.390 e. The molecule has 0 spiro atoms. The summed E-state index contributed by atoms with van der Waals surface area (Å²) in [6, 6.07) is 0. The topological polar surface area (TPSA) is 96.5 Å². The Bertz CT molecular complexity index is 406. The molecule has 8 nitrogen and oxygen atoms in total. The van der Waals surface area contributed by atoms with Crippen molar-refractivity contribution in [3.8, 4) is 0 Å². The van der Waals surface area contributed by atoms with Crippen molar-refractivity contribution in [2.24, 2.45) is 0 Å². The standard InChI is InChI=1S/C12H23N5O3/c1-3-15(4-2)6-5-13-8-12(18)10-16-9-11(7-14-16)17(19)20/h7,9,12-13,18H,3-6,8,10H2,1-2H3. The molecule has 2 N–H and O–H groups in total. The molecule has 0 amide bonds. The predicted octanol–water partition coefficient (Wildman–Crippen LogP) is 0.0836. The molecule has 20 heavy (non-hydrogen) atoms. The SMILES string of the molecule is CCN(CC)CCNCC(O)Cn1cc([N+](=O)[O-])cn1. The van der Waals surface area contributed by atoms with Crippen molar-refractivity contribution in [1.82, 2.24) is 20.0 Å². The van der Waals surface area contributed by atoms with Gasteiger partial charge in [0.05, 0.1) is 17.6 Å². The van der Waals surface area contributed by atoms with Crippen LogP contribution in [0, 0.1) is 10.1 Å². The minimum atomic E-state index is -0.619. The van der Waals surface area contributed by atoms with Gasteiger partial charge in [-0.3, -0.25) is 14.8 Å². The van der Waals surface area contributed by atoms with Crippen LogP contribution >= 0.6 is 0 Å². The lowest BCUT2D eigenvalue weighted by molar-refractivity contribution is -0.385. The molecular formula is C12H23N5O3. The molecule has 0 bridgehead atoms. The van der Waals surface area contributed by atoms with Gasteiger partial charge < -0.3 is 15.3 Å². The Balaban J connectivity index is 2.22. The first-order chi connectivity index (χ1) is 9.56. The van der Waals surface area contributed by atoms with Crippen molar-refractivity contribution in [1.29, 1.82) is 0 Å². The summed E-state index contributed by atoms with van der Waals surface area (Å²) in [6.07, 6.45) is 1.88. The van der Waals surface area contributed by atoms with Crippen molar-refractivity contribution in [3.63, 3.8) is 0 Å². The van der Waals surface area contributed by atoms with E-state index in [0.29, 0.717) is 6.54 Å².